The quantitative estimate of drug-likeness (QED) is 0.375. The van der Waals surface area contributed by atoms with Crippen LogP contribution in [-0.4, -0.2) is 35.5 Å². The highest BCUT2D eigenvalue weighted by Gasteiger charge is 2.35. The van der Waals surface area contributed by atoms with Crippen molar-refractivity contribution in [3.8, 4) is 0 Å². The molecule has 0 aromatic heterocycles. The summed E-state index contributed by atoms with van der Waals surface area (Å²) >= 11 is 17.8. The van der Waals surface area contributed by atoms with E-state index in [1.165, 1.54) is 0 Å². The van der Waals surface area contributed by atoms with Crippen molar-refractivity contribution in [2.75, 3.05) is 19.1 Å². The molecule has 7 heteroatoms. The van der Waals surface area contributed by atoms with Crippen LogP contribution in [0.4, 0.5) is 0 Å². The van der Waals surface area contributed by atoms with Crippen molar-refractivity contribution in [3.05, 3.63) is 0 Å². The van der Waals surface area contributed by atoms with Crippen molar-refractivity contribution in [2.24, 2.45) is 0 Å². The van der Waals surface area contributed by atoms with Gasteiger partial charge in [-0.2, -0.15) is 0 Å². The zero-order chi connectivity index (χ0) is 14.9. The Morgan fingerprint density at radius 2 is 1.37 bits per heavy atom. The highest BCUT2D eigenvalue weighted by atomic mass is 35.5. The first-order valence-electron chi connectivity index (χ1n) is 6.66. The Balaban J connectivity index is 4.66. The topological polar surface area (TPSA) is 35.5 Å². The fourth-order valence-electron chi connectivity index (χ4n) is 1.27. The number of hydrogen-bond acceptors (Lipinski definition) is 3. The Morgan fingerprint density at radius 3 is 1.63 bits per heavy atom. The maximum Gasteiger partial charge on any atom is 0.335 e. The van der Waals surface area contributed by atoms with Crippen LogP contribution in [0.25, 0.3) is 0 Å². The van der Waals surface area contributed by atoms with E-state index >= 15 is 0 Å². The molecule has 0 aliphatic carbocycles. The summed E-state index contributed by atoms with van der Waals surface area (Å²) < 4.78 is 23.7. The Labute approximate surface area is 131 Å². The highest BCUT2D eigenvalue weighted by Crippen LogP contribution is 2.55. The summed E-state index contributed by atoms with van der Waals surface area (Å²) in [6.45, 7) is 6.18. The summed E-state index contributed by atoms with van der Waals surface area (Å²) in [7, 11) is -3.26. The maximum absolute atomic E-state index is 12.8. The van der Waals surface area contributed by atoms with Gasteiger partial charge in [0.25, 0.3) is 0 Å². The molecule has 0 spiro atoms. The minimum atomic E-state index is -3.26. The van der Waals surface area contributed by atoms with Gasteiger partial charge in [0, 0.05) is 5.88 Å². The average Bonchev–Trinajstić information content (AvgIpc) is 2.43. The molecule has 0 N–H and O–H groups in total. The first-order valence-corrected chi connectivity index (χ1v) is 9.68. The molecule has 4 atom stereocenters. The van der Waals surface area contributed by atoms with E-state index in [1.54, 1.807) is 0 Å². The predicted molar refractivity (Wildman–Crippen MR) is 84.2 cm³/mol. The predicted octanol–water partition coefficient (Wildman–Crippen LogP) is 5.26. The van der Waals surface area contributed by atoms with E-state index in [9.17, 15) is 4.57 Å². The van der Waals surface area contributed by atoms with Crippen LogP contribution in [0, 0.1) is 0 Å². The van der Waals surface area contributed by atoms with Gasteiger partial charge in [-0.1, -0.05) is 20.8 Å². The van der Waals surface area contributed by atoms with E-state index in [0.29, 0.717) is 6.42 Å². The summed E-state index contributed by atoms with van der Waals surface area (Å²) in [5, 5.41) is -0.356. The molecular weight excluding hydrogens is 329 g/mol. The molecular formula is C12H24Cl3O3P. The fourth-order valence-corrected chi connectivity index (χ4v) is 4.19. The highest BCUT2D eigenvalue weighted by molar-refractivity contribution is 7.54. The summed E-state index contributed by atoms with van der Waals surface area (Å²) in [5.74, 6) is 0.228. The van der Waals surface area contributed by atoms with E-state index in [0.717, 1.165) is 12.8 Å². The molecule has 0 fully saturated rings. The molecule has 19 heavy (non-hydrogen) atoms. The van der Waals surface area contributed by atoms with E-state index in [-0.39, 0.29) is 35.5 Å². The second-order valence-corrected chi connectivity index (χ2v) is 8.23. The lowest BCUT2D eigenvalue weighted by molar-refractivity contribution is 0.195. The molecule has 0 saturated heterocycles. The summed E-state index contributed by atoms with van der Waals surface area (Å²) in [6.07, 6.45) is 2.11. The van der Waals surface area contributed by atoms with Crippen molar-refractivity contribution in [1.82, 2.24) is 0 Å². The molecule has 0 rings (SSSR count). The Hall–Kier alpha value is 1.02. The lowest BCUT2D eigenvalue weighted by Gasteiger charge is -2.26. The van der Waals surface area contributed by atoms with Gasteiger partial charge in [0.2, 0.25) is 0 Å². The second-order valence-electron chi connectivity index (χ2n) is 4.36. The number of halogens is 3. The van der Waals surface area contributed by atoms with Crippen molar-refractivity contribution in [1.29, 1.82) is 0 Å². The number of hydrogen-bond donors (Lipinski definition) is 0. The van der Waals surface area contributed by atoms with Crippen LogP contribution in [-0.2, 0) is 13.6 Å². The van der Waals surface area contributed by atoms with Gasteiger partial charge in [-0.05, 0) is 19.3 Å². The Kier molecular flexibility index (Phi) is 11.3. The smallest absolute Gasteiger partial charge is 0.307 e. The average molecular weight is 354 g/mol. The van der Waals surface area contributed by atoms with Crippen LogP contribution in [0.5, 0.6) is 0 Å². The first kappa shape index (κ1) is 20.0. The molecule has 0 heterocycles. The van der Waals surface area contributed by atoms with Gasteiger partial charge in [0.05, 0.1) is 29.6 Å². The monoisotopic (exact) mass is 352 g/mol. The standard InChI is InChI=1S/C12H24Cl3O3P/c1-4-10(14)8-17-19(16,12(6-3)7-13)18-9-11(15)5-2/h10-12H,4-9H2,1-3H3/t10-,11+,12-,19?/m0/s1. The van der Waals surface area contributed by atoms with Gasteiger partial charge in [-0.25, -0.2) is 0 Å². The molecule has 0 aromatic rings. The van der Waals surface area contributed by atoms with Crippen molar-refractivity contribution in [2.45, 2.75) is 56.4 Å². The van der Waals surface area contributed by atoms with Crippen LogP contribution in [0.15, 0.2) is 0 Å². The lowest BCUT2D eigenvalue weighted by Crippen LogP contribution is -2.19. The fraction of sp³-hybridized carbons (Fsp3) is 1.00. The molecule has 0 aliphatic heterocycles. The molecule has 0 saturated carbocycles. The largest absolute Gasteiger partial charge is 0.335 e. The molecule has 3 nitrogen and oxygen atoms in total. The zero-order valence-electron chi connectivity index (χ0n) is 11.8. The molecule has 0 amide bonds. The number of alkyl halides is 3. The third-order valence-electron chi connectivity index (χ3n) is 2.85. The Bertz CT molecular complexity index is 257. The molecule has 0 bridgehead atoms. The molecule has 0 aromatic carbocycles. The lowest BCUT2D eigenvalue weighted by atomic mass is 10.4. The normalized spacial score (nSPS) is 19.7. The van der Waals surface area contributed by atoms with Gasteiger partial charge in [0.15, 0.2) is 0 Å². The summed E-state index contributed by atoms with van der Waals surface area (Å²) in [4.78, 5) is 0. The third kappa shape index (κ3) is 7.55. The van der Waals surface area contributed by atoms with Gasteiger partial charge in [-0.3, -0.25) is 4.57 Å². The van der Waals surface area contributed by atoms with Crippen molar-refractivity contribution >= 4 is 42.4 Å². The van der Waals surface area contributed by atoms with E-state index in [2.05, 4.69) is 0 Å². The van der Waals surface area contributed by atoms with Crippen LogP contribution in [0.1, 0.15) is 40.0 Å². The SMILES string of the molecule is CC[C@@H](Cl)COP(=O)(OC[C@@H](Cl)CC)[C@@H](CC)CCl. The minimum absolute atomic E-state index is 0.178. The van der Waals surface area contributed by atoms with Crippen LogP contribution >= 0.6 is 42.4 Å². The van der Waals surface area contributed by atoms with E-state index in [1.807, 2.05) is 20.8 Å². The first-order chi connectivity index (χ1) is 8.93. The van der Waals surface area contributed by atoms with Crippen molar-refractivity contribution in [3.63, 3.8) is 0 Å². The van der Waals surface area contributed by atoms with Gasteiger partial charge in [-0.15, -0.1) is 34.8 Å². The molecule has 116 valence electrons. The van der Waals surface area contributed by atoms with Crippen LogP contribution in [0.2, 0.25) is 0 Å². The molecule has 0 radical (unpaired) electrons. The minimum Gasteiger partial charge on any atom is -0.307 e. The maximum atomic E-state index is 12.8. The zero-order valence-corrected chi connectivity index (χ0v) is 14.9. The van der Waals surface area contributed by atoms with Crippen LogP contribution in [0.3, 0.4) is 0 Å². The number of rotatable bonds is 11. The van der Waals surface area contributed by atoms with Gasteiger partial charge in [0.1, 0.15) is 0 Å². The van der Waals surface area contributed by atoms with Crippen LogP contribution < -0.4 is 0 Å². The van der Waals surface area contributed by atoms with Crippen molar-refractivity contribution < 1.29 is 13.6 Å². The molecule has 1 unspecified atom stereocenters. The van der Waals surface area contributed by atoms with E-state index < -0.39 is 7.60 Å². The Morgan fingerprint density at radius 1 is 0.947 bits per heavy atom. The van der Waals surface area contributed by atoms with Gasteiger partial charge >= 0.3 is 7.60 Å². The summed E-state index contributed by atoms with van der Waals surface area (Å²) in [6, 6.07) is 0. The molecule has 0 aliphatic rings. The van der Waals surface area contributed by atoms with E-state index in [4.69, 9.17) is 43.9 Å². The second kappa shape index (κ2) is 10.7. The van der Waals surface area contributed by atoms with Gasteiger partial charge < -0.3 is 9.05 Å². The summed E-state index contributed by atoms with van der Waals surface area (Å²) in [5.41, 5.74) is -0.324. The third-order valence-corrected chi connectivity index (χ3v) is 6.77.